The Morgan fingerprint density at radius 3 is 2.57 bits per heavy atom. The number of halogens is 1. The van der Waals surface area contributed by atoms with Gasteiger partial charge in [0.05, 0.1) is 0 Å². The molecule has 0 saturated heterocycles. The second kappa shape index (κ2) is 7.09. The van der Waals surface area contributed by atoms with E-state index < -0.39 is 0 Å². The molecular formula is C5H11ClSn. The Morgan fingerprint density at radius 2 is 2.14 bits per heavy atom. The Bertz CT molecular complexity index is 27.3. The van der Waals surface area contributed by atoms with Crippen molar-refractivity contribution in [2.45, 2.75) is 30.6 Å². The maximum atomic E-state index is 5.61. The Morgan fingerprint density at radius 1 is 1.43 bits per heavy atom. The van der Waals surface area contributed by atoms with Gasteiger partial charge in [-0.25, -0.2) is 0 Å². The van der Waals surface area contributed by atoms with Crippen LogP contribution in [0, 0.1) is 0 Å². The van der Waals surface area contributed by atoms with Crippen LogP contribution in [0.2, 0.25) is 4.44 Å². The van der Waals surface area contributed by atoms with Crippen molar-refractivity contribution in [3.05, 3.63) is 0 Å². The zero-order chi connectivity index (χ0) is 5.54. The summed E-state index contributed by atoms with van der Waals surface area (Å²) < 4.78 is 1.36. The monoisotopic (exact) mass is 226 g/mol. The van der Waals surface area contributed by atoms with Gasteiger partial charge in [0.25, 0.3) is 0 Å². The van der Waals surface area contributed by atoms with Gasteiger partial charge in [-0.15, -0.1) is 0 Å². The van der Waals surface area contributed by atoms with Crippen molar-refractivity contribution >= 4 is 28.9 Å². The van der Waals surface area contributed by atoms with Crippen LogP contribution in [-0.4, -0.2) is 20.0 Å². The van der Waals surface area contributed by atoms with E-state index in [4.69, 9.17) is 8.92 Å². The van der Waals surface area contributed by atoms with Crippen LogP contribution in [0.1, 0.15) is 26.2 Å². The predicted molar refractivity (Wildman–Crippen MR) is 35.9 cm³/mol. The average molecular weight is 225 g/mol. The zero-order valence-corrected chi connectivity index (χ0v) is 8.32. The molecule has 0 bridgehead atoms. The summed E-state index contributed by atoms with van der Waals surface area (Å²) in [7, 11) is 5.61. The third-order valence-corrected chi connectivity index (χ3v) is 3.69. The molecule has 0 amide bonds. The van der Waals surface area contributed by atoms with Crippen LogP contribution in [0.3, 0.4) is 0 Å². The van der Waals surface area contributed by atoms with E-state index in [1.807, 2.05) is 0 Å². The van der Waals surface area contributed by atoms with Gasteiger partial charge in [0, 0.05) is 0 Å². The van der Waals surface area contributed by atoms with E-state index in [-0.39, 0.29) is 20.0 Å². The Labute approximate surface area is 59.6 Å². The van der Waals surface area contributed by atoms with Gasteiger partial charge >= 0.3 is 59.6 Å². The molecule has 0 aliphatic heterocycles. The second-order valence-corrected chi connectivity index (χ2v) is 5.57. The molecule has 2 radical (unpaired) electrons. The summed E-state index contributed by atoms with van der Waals surface area (Å²) in [5.74, 6) is 0. The molecule has 0 aromatic heterocycles. The SMILES string of the molecule is CCCC[CH2][Sn][Cl]. The second-order valence-electron chi connectivity index (χ2n) is 1.59. The molecule has 0 nitrogen and oxygen atoms in total. The van der Waals surface area contributed by atoms with Gasteiger partial charge in [0.1, 0.15) is 0 Å². The Hall–Kier alpha value is 1.09. The van der Waals surface area contributed by atoms with Gasteiger partial charge in [0.2, 0.25) is 0 Å². The van der Waals surface area contributed by atoms with Crippen LogP contribution in [0.5, 0.6) is 0 Å². The van der Waals surface area contributed by atoms with Crippen molar-refractivity contribution in [3.8, 4) is 0 Å². The third kappa shape index (κ3) is 7.09. The third-order valence-electron chi connectivity index (χ3n) is 0.875. The summed E-state index contributed by atoms with van der Waals surface area (Å²) in [6.07, 6.45) is 4.09. The molecule has 2 heteroatoms. The first-order chi connectivity index (χ1) is 3.41. The van der Waals surface area contributed by atoms with Crippen LogP contribution in [0.25, 0.3) is 0 Å². The van der Waals surface area contributed by atoms with Crippen LogP contribution >= 0.6 is 8.92 Å². The summed E-state index contributed by atoms with van der Waals surface area (Å²) in [6, 6.07) is 0. The fourth-order valence-electron chi connectivity index (χ4n) is 0.442. The summed E-state index contributed by atoms with van der Waals surface area (Å²) >= 11 is -0.351. The van der Waals surface area contributed by atoms with E-state index in [0.29, 0.717) is 0 Å². The predicted octanol–water partition coefficient (Wildman–Crippen LogP) is 2.45. The molecule has 0 heterocycles. The van der Waals surface area contributed by atoms with Crippen molar-refractivity contribution < 1.29 is 0 Å². The fourth-order valence-corrected chi connectivity index (χ4v) is 2.43. The van der Waals surface area contributed by atoms with Crippen LogP contribution < -0.4 is 0 Å². The molecule has 0 N–H and O–H groups in total. The number of hydrogen-bond acceptors (Lipinski definition) is 0. The molecule has 0 aliphatic carbocycles. The van der Waals surface area contributed by atoms with E-state index in [0.717, 1.165) is 0 Å². The van der Waals surface area contributed by atoms with E-state index in [1.54, 1.807) is 0 Å². The van der Waals surface area contributed by atoms with Crippen LogP contribution in [0.4, 0.5) is 0 Å². The summed E-state index contributed by atoms with van der Waals surface area (Å²) in [5.41, 5.74) is 0. The number of hydrogen-bond donors (Lipinski definition) is 0. The van der Waals surface area contributed by atoms with Gasteiger partial charge in [-0.3, -0.25) is 0 Å². The van der Waals surface area contributed by atoms with Crippen molar-refractivity contribution in [1.82, 2.24) is 0 Å². The van der Waals surface area contributed by atoms with E-state index in [1.165, 1.54) is 23.7 Å². The maximum absolute atomic E-state index is 5.61. The molecule has 0 spiro atoms. The van der Waals surface area contributed by atoms with Gasteiger partial charge in [-0.2, -0.15) is 0 Å². The molecular weight excluding hydrogens is 214 g/mol. The molecule has 0 rings (SSSR count). The Kier molecular flexibility index (Phi) is 8.19. The molecule has 0 atom stereocenters. The first kappa shape index (κ1) is 8.09. The molecule has 0 aliphatic rings. The summed E-state index contributed by atoms with van der Waals surface area (Å²) in [6.45, 7) is 2.22. The quantitative estimate of drug-likeness (QED) is 0.509. The molecule has 0 saturated carbocycles. The molecule has 0 fully saturated rings. The van der Waals surface area contributed by atoms with E-state index >= 15 is 0 Å². The molecule has 7 heavy (non-hydrogen) atoms. The number of unbranched alkanes of at least 4 members (excludes halogenated alkanes) is 2. The van der Waals surface area contributed by atoms with Crippen LogP contribution in [-0.2, 0) is 0 Å². The van der Waals surface area contributed by atoms with Crippen molar-refractivity contribution in [1.29, 1.82) is 0 Å². The Balaban J connectivity index is 2.45. The standard InChI is InChI=1S/C5H11.ClH.Sn/c1-3-5-4-2;;/h1,3-5H2,2H3;1H;/q;;+1/p-1. The minimum atomic E-state index is -0.351. The summed E-state index contributed by atoms with van der Waals surface area (Å²) in [5, 5.41) is 0. The summed E-state index contributed by atoms with van der Waals surface area (Å²) in [4.78, 5) is 0. The molecule has 0 unspecified atom stereocenters. The first-order valence-electron chi connectivity index (χ1n) is 2.75. The van der Waals surface area contributed by atoms with Crippen LogP contribution in [0.15, 0.2) is 0 Å². The topological polar surface area (TPSA) is 0 Å². The molecule has 42 valence electrons. The van der Waals surface area contributed by atoms with Crippen molar-refractivity contribution in [3.63, 3.8) is 0 Å². The van der Waals surface area contributed by atoms with Crippen molar-refractivity contribution in [2.24, 2.45) is 0 Å². The van der Waals surface area contributed by atoms with Crippen molar-refractivity contribution in [2.75, 3.05) is 0 Å². The van der Waals surface area contributed by atoms with Gasteiger partial charge in [0.15, 0.2) is 0 Å². The first-order valence-corrected chi connectivity index (χ1v) is 8.38. The molecule has 0 aromatic carbocycles. The normalized spacial score (nSPS) is 9.43. The number of rotatable bonds is 4. The fraction of sp³-hybridized carbons (Fsp3) is 1.00. The van der Waals surface area contributed by atoms with Gasteiger partial charge < -0.3 is 0 Å². The molecule has 0 aromatic rings. The van der Waals surface area contributed by atoms with Gasteiger partial charge in [-0.05, 0) is 0 Å². The minimum absolute atomic E-state index is 0.351. The van der Waals surface area contributed by atoms with E-state index in [2.05, 4.69) is 6.92 Å². The average Bonchev–Trinajstić information content (AvgIpc) is 1.69. The van der Waals surface area contributed by atoms with E-state index in [9.17, 15) is 0 Å². The zero-order valence-electron chi connectivity index (χ0n) is 4.71. The van der Waals surface area contributed by atoms with Gasteiger partial charge in [-0.1, -0.05) is 0 Å².